The Hall–Kier alpha value is -1.88. The minimum Gasteiger partial charge on any atom is -0.467 e. The molecule has 0 radical (unpaired) electrons. The number of esters is 1. The van der Waals surface area contributed by atoms with Gasteiger partial charge in [-0.25, -0.2) is 4.79 Å². The number of rotatable bonds is 6. The molecule has 0 unspecified atom stereocenters. The van der Waals surface area contributed by atoms with Gasteiger partial charge in [-0.15, -0.1) is 0 Å². The van der Waals surface area contributed by atoms with Crippen LogP contribution in [0.15, 0.2) is 30.3 Å². The van der Waals surface area contributed by atoms with E-state index in [4.69, 9.17) is 4.74 Å². The van der Waals surface area contributed by atoms with E-state index < -0.39 is 6.04 Å². The number of nitrogens with zero attached hydrogens (tertiary/aromatic N) is 1. The standard InChI is InChI=1S/C18H26N2O3/c1-13(2)11-16(18(22)23-3)20-10-9-19-15(17(20)21)12-14-7-5-4-6-8-14/h4-8,13,15-16,19H,9-12H2,1-3H3/t15-,16-/m0/s1. The average Bonchev–Trinajstić information content (AvgIpc) is 2.55. The molecule has 0 bridgehead atoms. The predicted molar refractivity (Wildman–Crippen MR) is 88.9 cm³/mol. The van der Waals surface area contributed by atoms with Gasteiger partial charge in [0.25, 0.3) is 0 Å². The largest absolute Gasteiger partial charge is 0.467 e. The monoisotopic (exact) mass is 318 g/mol. The van der Waals surface area contributed by atoms with Gasteiger partial charge in [0.2, 0.25) is 5.91 Å². The Morgan fingerprint density at radius 2 is 2.04 bits per heavy atom. The molecule has 1 saturated heterocycles. The van der Waals surface area contributed by atoms with Crippen LogP contribution in [-0.2, 0) is 20.7 Å². The van der Waals surface area contributed by atoms with Crippen molar-refractivity contribution in [3.05, 3.63) is 35.9 Å². The molecule has 1 aromatic rings. The molecule has 126 valence electrons. The van der Waals surface area contributed by atoms with E-state index in [0.717, 1.165) is 5.56 Å². The third kappa shape index (κ3) is 4.55. The van der Waals surface area contributed by atoms with E-state index >= 15 is 0 Å². The lowest BCUT2D eigenvalue weighted by Gasteiger charge is -2.38. The quantitative estimate of drug-likeness (QED) is 0.810. The van der Waals surface area contributed by atoms with Crippen molar-refractivity contribution in [2.75, 3.05) is 20.2 Å². The molecule has 5 heteroatoms. The van der Waals surface area contributed by atoms with Crippen LogP contribution in [0.2, 0.25) is 0 Å². The Labute approximate surface area is 138 Å². The molecule has 0 aliphatic carbocycles. The fourth-order valence-corrected chi connectivity index (χ4v) is 3.01. The van der Waals surface area contributed by atoms with Crippen molar-refractivity contribution in [3.63, 3.8) is 0 Å². The fraction of sp³-hybridized carbons (Fsp3) is 0.556. The first-order valence-electron chi connectivity index (χ1n) is 8.18. The summed E-state index contributed by atoms with van der Waals surface area (Å²) < 4.78 is 4.92. The van der Waals surface area contributed by atoms with Gasteiger partial charge in [0.1, 0.15) is 6.04 Å². The summed E-state index contributed by atoms with van der Waals surface area (Å²) in [6.45, 7) is 5.32. The number of piperazine rings is 1. The van der Waals surface area contributed by atoms with E-state index in [1.165, 1.54) is 7.11 Å². The molecule has 1 amide bonds. The highest BCUT2D eigenvalue weighted by Gasteiger charge is 2.37. The van der Waals surface area contributed by atoms with Gasteiger partial charge in [0.15, 0.2) is 0 Å². The number of benzene rings is 1. The van der Waals surface area contributed by atoms with E-state index in [9.17, 15) is 9.59 Å². The summed E-state index contributed by atoms with van der Waals surface area (Å²) in [6, 6.07) is 9.15. The zero-order chi connectivity index (χ0) is 16.8. The lowest BCUT2D eigenvalue weighted by Crippen LogP contribution is -2.60. The summed E-state index contributed by atoms with van der Waals surface area (Å²) in [5.74, 6) is -0.0297. The maximum atomic E-state index is 12.8. The molecule has 0 spiro atoms. The second-order valence-electron chi connectivity index (χ2n) is 6.40. The zero-order valence-corrected chi connectivity index (χ0v) is 14.1. The van der Waals surface area contributed by atoms with E-state index in [0.29, 0.717) is 31.8 Å². The summed E-state index contributed by atoms with van der Waals surface area (Å²) in [6.07, 6.45) is 1.25. The lowest BCUT2D eigenvalue weighted by atomic mass is 9.98. The molecule has 2 rings (SSSR count). The molecule has 2 atom stereocenters. The lowest BCUT2D eigenvalue weighted by molar-refractivity contribution is -0.155. The van der Waals surface area contributed by atoms with E-state index in [1.54, 1.807) is 4.90 Å². The number of carbonyl (C=O) groups excluding carboxylic acids is 2. The third-order valence-corrected chi connectivity index (χ3v) is 4.15. The number of carbonyl (C=O) groups is 2. The van der Waals surface area contributed by atoms with Gasteiger partial charge in [-0.1, -0.05) is 44.2 Å². The number of ether oxygens (including phenoxy) is 1. The molecular formula is C18H26N2O3. The Morgan fingerprint density at radius 1 is 1.35 bits per heavy atom. The van der Waals surface area contributed by atoms with Gasteiger partial charge in [0, 0.05) is 13.1 Å². The van der Waals surface area contributed by atoms with Crippen molar-refractivity contribution >= 4 is 11.9 Å². The summed E-state index contributed by atoms with van der Waals surface area (Å²) >= 11 is 0. The maximum absolute atomic E-state index is 12.8. The van der Waals surface area contributed by atoms with E-state index in [1.807, 2.05) is 44.2 Å². The number of amides is 1. The Kier molecular flexibility index (Phi) is 6.16. The van der Waals surface area contributed by atoms with Crippen LogP contribution < -0.4 is 5.32 Å². The predicted octanol–water partition coefficient (Wildman–Crippen LogP) is 1.62. The first-order valence-corrected chi connectivity index (χ1v) is 8.18. The number of hydrogen-bond acceptors (Lipinski definition) is 4. The highest BCUT2D eigenvalue weighted by atomic mass is 16.5. The number of nitrogens with one attached hydrogen (secondary N) is 1. The first kappa shape index (κ1) is 17.5. The van der Waals surface area contributed by atoms with E-state index in [2.05, 4.69) is 5.32 Å². The van der Waals surface area contributed by atoms with Crippen LogP contribution in [0.25, 0.3) is 0 Å². The zero-order valence-electron chi connectivity index (χ0n) is 14.1. The minimum atomic E-state index is -0.493. The minimum absolute atomic E-state index is 0.0175. The molecule has 1 fully saturated rings. The van der Waals surface area contributed by atoms with Crippen molar-refractivity contribution < 1.29 is 14.3 Å². The molecule has 5 nitrogen and oxygen atoms in total. The molecule has 1 aromatic carbocycles. The highest BCUT2D eigenvalue weighted by Crippen LogP contribution is 2.18. The van der Waals surface area contributed by atoms with Gasteiger partial charge >= 0.3 is 5.97 Å². The molecule has 1 heterocycles. The number of hydrogen-bond donors (Lipinski definition) is 1. The van der Waals surface area contributed by atoms with Crippen LogP contribution in [0, 0.1) is 5.92 Å². The second-order valence-corrected chi connectivity index (χ2v) is 6.40. The van der Waals surface area contributed by atoms with E-state index in [-0.39, 0.29) is 17.9 Å². The van der Waals surface area contributed by atoms with Crippen molar-refractivity contribution in [3.8, 4) is 0 Å². The van der Waals surface area contributed by atoms with Gasteiger partial charge in [-0.2, -0.15) is 0 Å². The first-order chi connectivity index (χ1) is 11.0. The molecule has 0 saturated carbocycles. The van der Waals surface area contributed by atoms with Crippen LogP contribution in [0.1, 0.15) is 25.8 Å². The van der Waals surface area contributed by atoms with Crippen LogP contribution in [-0.4, -0.2) is 49.1 Å². The van der Waals surface area contributed by atoms with Gasteiger partial charge in [-0.3, -0.25) is 4.79 Å². The van der Waals surface area contributed by atoms with Crippen molar-refractivity contribution in [1.29, 1.82) is 0 Å². The summed E-state index contributed by atoms with van der Waals surface area (Å²) in [5.41, 5.74) is 1.11. The van der Waals surface area contributed by atoms with Gasteiger partial charge in [0.05, 0.1) is 13.2 Å². The Bertz CT molecular complexity index is 530. The molecular weight excluding hydrogens is 292 g/mol. The summed E-state index contributed by atoms with van der Waals surface area (Å²) in [4.78, 5) is 26.6. The fourth-order valence-electron chi connectivity index (χ4n) is 3.01. The van der Waals surface area contributed by atoms with Crippen LogP contribution in [0.4, 0.5) is 0 Å². The van der Waals surface area contributed by atoms with Crippen molar-refractivity contribution in [2.24, 2.45) is 5.92 Å². The molecule has 23 heavy (non-hydrogen) atoms. The maximum Gasteiger partial charge on any atom is 0.328 e. The topological polar surface area (TPSA) is 58.6 Å². The Balaban J connectivity index is 2.12. The van der Waals surface area contributed by atoms with Gasteiger partial charge in [-0.05, 0) is 24.3 Å². The third-order valence-electron chi connectivity index (χ3n) is 4.15. The summed E-state index contributed by atoms with van der Waals surface area (Å²) in [7, 11) is 1.38. The smallest absolute Gasteiger partial charge is 0.328 e. The van der Waals surface area contributed by atoms with Crippen LogP contribution in [0.5, 0.6) is 0 Å². The molecule has 1 aliphatic heterocycles. The average molecular weight is 318 g/mol. The molecule has 1 aliphatic rings. The molecule has 1 N–H and O–H groups in total. The van der Waals surface area contributed by atoms with Crippen LogP contribution >= 0.6 is 0 Å². The van der Waals surface area contributed by atoms with Crippen LogP contribution in [0.3, 0.4) is 0 Å². The SMILES string of the molecule is COC(=O)[C@H](CC(C)C)N1CCN[C@@H](Cc2ccccc2)C1=O. The van der Waals surface area contributed by atoms with Crippen molar-refractivity contribution in [2.45, 2.75) is 38.8 Å². The molecule has 0 aromatic heterocycles. The highest BCUT2D eigenvalue weighted by molar-refractivity contribution is 5.88. The number of methoxy groups -OCH3 is 1. The van der Waals surface area contributed by atoms with Gasteiger partial charge < -0.3 is 15.0 Å². The Morgan fingerprint density at radius 3 is 2.65 bits per heavy atom. The second kappa shape index (κ2) is 8.11. The van der Waals surface area contributed by atoms with Crippen molar-refractivity contribution in [1.82, 2.24) is 10.2 Å². The normalized spacial score (nSPS) is 19.7. The summed E-state index contributed by atoms with van der Waals surface area (Å²) in [5, 5.41) is 3.27.